The molecule has 1 aliphatic heterocycles. The highest BCUT2D eigenvalue weighted by Crippen LogP contribution is 2.23. The Labute approximate surface area is 167 Å². The molecule has 0 aromatic heterocycles. The van der Waals surface area contributed by atoms with Crippen molar-refractivity contribution in [1.82, 2.24) is 0 Å². The van der Waals surface area contributed by atoms with E-state index in [2.05, 4.69) is 10.6 Å². The second-order valence-electron chi connectivity index (χ2n) is 6.65. The molecule has 2 aromatic carbocycles. The fourth-order valence-corrected chi connectivity index (χ4v) is 2.50. The van der Waals surface area contributed by atoms with Crippen LogP contribution in [0.5, 0.6) is 0 Å². The summed E-state index contributed by atoms with van der Waals surface area (Å²) in [7, 11) is 0. The summed E-state index contributed by atoms with van der Waals surface area (Å²) in [6, 6.07) is 16.0. The third-order valence-corrected chi connectivity index (χ3v) is 3.82. The molecule has 8 heteroatoms. The van der Waals surface area contributed by atoms with Crippen LogP contribution in [0.25, 0.3) is 0 Å². The Bertz CT molecular complexity index is 931. The lowest BCUT2D eigenvalue weighted by Crippen LogP contribution is -2.42. The van der Waals surface area contributed by atoms with Crippen molar-refractivity contribution in [3.05, 3.63) is 71.9 Å². The minimum absolute atomic E-state index is 0.150. The van der Waals surface area contributed by atoms with Gasteiger partial charge in [0.1, 0.15) is 6.61 Å². The molecule has 1 saturated heterocycles. The number of anilines is 2. The highest BCUT2D eigenvalue weighted by Gasteiger charge is 2.38. The van der Waals surface area contributed by atoms with E-state index in [0.717, 1.165) is 5.56 Å². The van der Waals surface area contributed by atoms with E-state index in [4.69, 9.17) is 14.2 Å². The maximum absolute atomic E-state index is 12.0. The number of amides is 1. The van der Waals surface area contributed by atoms with Crippen LogP contribution in [-0.2, 0) is 30.4 Å². The summed E-state index contributed by atoms with van der Waals surface area (Å²) in [4.78, 5) is 35.8. The summed E-state index contributed by atoms with van der Waals surface area (Å²) in [5.41, 5.74) is 1.62. The Hall–Kier alpha value is -3.81. The number of benzene rings is 2. The minimum Gasteiger partial charge on any atom is -0.444 e. The minimum atomic E-state index is -1.30. The topological polar surface area (TPSA) is 103 Å². The van der Waals surface area contributed by atoms with Crippen molar-refractivity contribution >= 4 is 29.4 Å². The zero-order valence-corrected chi connectivity index (χ0v) is 15.9. The first-order valence-electron chi connectivity index (χ1n) is 8.83. The molecule has 8 nitrogen and oxygen atoms in total. The van der Waals surface area contributed by atoms with Crippen LogP contribution in [0.3, 0.4) is 0 Å². The van der Waals surface area contributed by atoms with Crippen LogP contribution in [-0.4, -0.2) is 23.8 Å². The number of carbonyl (C=O) groups is 3. The van der Waals surface area contributed by atoms with Gasteiger partial charge in [-0.2, -0.15) is 0 Å². The van der Waals surface area contributed by atoms with Crippen LogP contribution < -0.4 is 10.6 Å². The van der Waals surface area contributed by atoms with Gasteiger partial charge in [-0.25, -0.2) is 14.4 Å². The van der Waals surface area contributed by atoms with Gasteiger partial charge in [0.15, 0.2) is 5.57 Å². The van der Waals surface area contributed by atoms with E-state index in [9.17, 15) is 14.4 Å². The normalized spacial score (nSPS) is 15.0. The quantitative estimate of drug-likeness (QED) is 0.452. The maximum atomic E-state index is 12.0. The zero-order chi connectivity index (χ0) is 20.9. The van der Waals surface area contributed by atoms with Gasteiger partial charge in [-0.15, -0.1) is 0 Å². The molecular formula is C21H20N2O6. The second kappa shape index (κ2) is 8.47. The Morgan fingerprint density at radius 1 is 1.00 bits per heavy atom. The number of nitrogens with one attached hydrogen (secondary N) is 2. The molecule has 0 saturated carbocycles. The van der Waals surface area contributed by atoms with Gasteiger partial charge in [-0.1, -0.05) is 36.4 Å². The smallest absolute Gasteiger partial charge is 0.411 e. The van der Waals surface area contributed by atoms with E-state index in [1.54, 1.807) is 24.3 Å². The molecule has 0 atom stereocenters. The molecule has 2 N–H and O–H groups in total. The molecule has 1 heterocycles. The molecule has 1 aliphatic rings. The molecule has 0 aliphatic carbocycles. The first kappa shape index (κ1) is 19.9. The molecular weight excluding hydrogens is 376 g/mol. The molecule has 3 rings (SSSR count). The third-order valence-electron chi connectivity index (χ3n) is 3.82. The lowest BCUT2D eigenvalue weighted by molar-refractivity contribution is -0.222. The van der Waals surface area contributed by atoms with Crippen molar-refractivity contribution in [3.8, 4) is 0 Å². The van der Waals surface area contributed by atoms with E-state index in [1.165, 1.54) is 20.0 Å². The molecule has 1 fully saturated rings. The van der Waals surface area contributed by atoms with Crippen LogP contribution in [0.15, 0.2) is 66.4 Å². The van der Waals surface area contributed by atoms with Crippen LogP contribution in [0, 0.1) is 0 Å². The van der Waals surface area contributed by atoms with Crippen LogP contribution in [0.2, 0.25) is 0 Å². The Kier molecular flexibility index (Phi) is 5.82. The standard InChI is InChI=1S/C21H20N2O6/c1-21(2)28-18(24)17(19(25)29-21)12-22-15-9-6-10-16(11-15)23-20(26)27-13-14-7-4-3-5-8-14/h3-12,22H,13H2,1-2H3,(H,23,26). The van der Waals surface area contributed by atoms with E-state index in [0.29, 0.717) is 11.4 Å². The molecule has 0 spiro atoms. The molecule has 0 radical (unpaired) electrons. The van der Waals surface area contributed by atoms with Crippen molar-refractivity contribution in [2.45, 2.75) is 26.2 Å². The van der Waals surface area contributed by atoms with Crippen molar-refractivity contribution in [1.29, 1.82) is 0 Å². The second-order valence-corrected chi connectivity index (χ2v) is 6.65. The predicted octanol–water partition coefficient (Wildman–Crippen LogP) is 3.57. The Balaban J connectivity index is 1.59. The van der Waals surface area contributed by atoms with Crippen molar-refractivity contribution in [3.63, 3.8) is 0 Å². The number of hydrogen-bond donors (Lipinski definition) is 2. The van der Waals surface area contributed by atoms with E-state index in [-0.39, 0.29) is 12.2 Å². The van der Waals surface area contributed by atoms with Gasteiger partial charge in [0, 0.05) is 31.4 Å². The fraction of sp³-hybridized carbons (Fsp3) is 0.190. The number of ether oxygens (including phenoxy) is 3. The zero-order valence-electron chi connectivity index (χ0n) is 15.9. The first-order valence-corrected chi connectivity index (χ1v) is 8.83. The highest BCUT2D eigenvalue weighted by molar-refractivity contribution is 6.15. The largest absolute Gasteiger partial charge is 0.444 e. The lowest BCUT2D eigenvalue weighted by atomic mass is 10.2. The number of cyclic esters (lactones) is 2. The van der Waals surface area contributed by atoms with Gasteiger partial charge >= 0.3 is 18.0 Å². The van der Waals surface area contributed by atoms with Crippen molar-refractivity contribution < 1.29 is 28.6 Å². The molecule has 1 amide bonds. The Morgan fingerprint density at radius 2 is 1.66 bits per heavy atom. The van der Waals surface area contributed by atoms with Crippen molar-refractivity contribution in [2.24, 2.45) is 0 Å². The summed E-state index contributed by atoms with van der Waals surface area (Å²) >= 11 is 0. The predicted molar refractivity (Wildman–Crippen MR) is 105 cm³/mol. The molecule has 29 heavy (non-hydrogen) atoms. The molecule has 0 bridgehead atoms. The van der Waals surface area contributed by atoms with Crippen LogP contribution in [0.1, 0.15) is 19.4 Å². The van der Waals surface area contributed by atoms with Gasteiger partial charge in [0.2, 0.25) is 0 Å². The van der Waals surface area contributed by atoms with E-state index >= 15 is 0 Å². The highest BCUT2D eigenvalue weighted by atomic mass is 16.7. The summed E-state index contributed by atoms with van der Waals surface area (Å²) < 4.78 is 15.2. The summed E-state index contributed by atoms with van der Waals surface area (Å²) in [5.74, 6) is -2.86. The molecule has 2 aromatic rings. The number of hydrogen-bond acceptors (Lipinski definition) is 7. The van der Waals surface area contributed by atoms with Crippen LogP contribution >= 0.6 is 0 Å². The Morgan fingerprint density at radius 3 is 2.34 bits per heavy atom. The SMILES string of the molecule is CC1(C)OC(=O)C(=CNc2cccc(NC(=O)OCc3ccccc3)c2)C(=O)O1. The van der Waals surface area contributed by atoms with Gasteiger partial charge in [0.25, 0.3) is 5.79 Å². The van der Waals surface area contributed by atoms with Gasteiger partial charge in [0.05, 0.1) is 0 Å². The van der Waals surface area contributed by atoms with E-state index in [1.807, 2.05) is 30.3 Å². The number of esters is 2. The molecule has 0 unspecified atom stereocenters. The van der Waals surface area contributed by atoms with Crippen molar-refractivity contribution in [2.75, 3.05) is 10.6 Å². The number of rotatable bonds is 5. The van der Waals surface area contributed by atoms with Gasteiger partial charge < -0.3 is 19.5 Å². The summed E-state index contributed by atoms with van der Waals surface area (Å²) in [5, 5.41) is 5.43. The molecule has 150 valence electrons. The summed E-state index contributed by atoms with van der Waals surface area (Å²) in [6.07, 6.45) is 0.596. The van der Waals surface area contributed by atoms with Crippen LogP contribution in [0.4, 0.5) is 16.2 Å². The van der Waals surface area contributed by atoms with E-state index < -0.39 is 23.8 Å². The third kappa shape index (κ3) is 5.58. The first-order chi connectivity index (χ1) is 13.8. The average Bonchev–Trinajstić information content (AvgIpc) is 2.66. The average molecular weight is 396 g/mol. The number of carbonyl (C=O) groups excluding carboxylic acids is 3. The van der Waals surface area contributed by atoms with Gasteiger partial charge in [-0.3, -0.25) is 5.32 Å². The fourth-order valence-electron chi connectivity index (χ4n) is 2.50. The summed E-state index contributed by atoms with van der Waals surface area (Å²) in [6.45, 7) is 3.09. The van der Waals surface area contributed by atoms with Gasteiger partial charge in [-0.05, 0) is 23.8 Å². The lowest BCUT2D eigenvalue weighted by Gasteiger charge is -2.29. The monoisotopic (exact) mass is 396 g/mol. The maximum Gasteiger partial charge on any atom is 0.411 e.